The van der Waals surface area contributed by atoms with Crippen LogP contribution in [-0.4, -0.2) is 48.9 Å². The molecule has 1 N–H and O–H groups in total. The highest BCUT2D eigenvalue weighted by molar-refractivity contribution is 7.89. The monoisotopic (exact) mass is 488 g/mol. The van der Waals surface area contributed by atoms with Crippen LogP contribution in [0.1, 0.15) is 23.5 Å². The van der Waals surface area contributed by atoms with Gasteiger partial charge in [-0.2, -0.15) is 4.31 Å². The van der Waals surface area contributed by atoms with Crippen molar-refractivity contribution in [3.8, 4) is 11.3 Å². The minimum Gasteiger partial charge on any atom is -0.379 e. The molecule has 0 unspecified atom stereocenters. The second kappa shape index (κ2) is 9.56. The molecule has 1 aromatic heterocycles. The highest BCUT2D eigenvalue weighted by atomic mass is 32.2. The average molecular weight is 489 g/mol. The molecule has 1 aliphatic rings. The Balaban J connectivity index is 1.62. The number of aromatic nitrogens is 1. The summed E-state index contributed by atoms with van der Waals surface area (Å²) in [5, 5.41) is 17.5. The van der Waals surface area contributed by atoms with Crippen molar-refractivity contribution in [1.29, 1.82) is 0 Å². The Morgan fingerprint density at radius 1 is 1.18 bits per heavy atom. The summed E-state index contributed by atoms with van der Waals surface area (Å²) < 4.78 is 33.2. The molecular weight excluding hydrogens is 464 g/mol. The number of sulfonamides is 1. The van der Waals surface area contributed by atoms with Crippen molar-refractivity contribution < 1.29 is 18.1 Å². The highest BCUT2D eigenvalue weighted by Gasteiger charge is 2.30. The van der Waals surface area contributed by atoms with Gasteiger partial charge in [0.15, 0.2) is 0 Å². The quantitative estimate of drug-likeness (QED) is 0.391. The van der Waals surface area contributed by atoms with Crippen molar-refractivity contribution in [3.05, 3.63) is 68.5 Å². The number of rotatable bonds is 7. The Hall–Kier alpha value is -2.86. The van der Waals surface area contributed by atoms with Crippen LogP contribution < -0.4 is 5.32 Å². The van der Waals surface area contributed by atoms with Crippen LogP contribution in [0.4, 0.5) is 11.4 Å². The summed E-state index contributed by atoms with van der Waals surface area (Å²) in [4.78, 5) is 15.1. The van der Waals surface area contributed by atoms with E-state index >= 15 is 0 Å². The van der Waals surface area contributed by atoms with Gasteiger partial charge >= 0.3 is 0 Å². The molecule has 1 atom stereocenters. The van der Waals surface area contributed by atoms with E-state index in [1.165, 1.54) is 16.4 Å². The molecule has 2 heterocycles. The van der Waals surface area contributed by atoms with Crippen LogP contribution >= 0.6 is 11.3 Å². The highest BCUT2D eigenvalue weighted by Crippen LogP contribution is 2.32. The third kappa shape index (κ3) is 5.06. The fourth-order valence-corrected chi connectivity index (χ4v) is 5.84. The zero-order valence-corrected chi connectivity index (χ0v) is 19.9. The lowest BCUT2D eigenvalue weighted by molar-refractivity contribution is -0.385. The Morgan fingerprint density at radius 2 is 1.88 bits per heavy atom. The van der Waals surface area contributed by atoms with Crippen molar-refractivity contribution >= 4 is 32.7 Å². The number of hydrogen-bond acceptors (Lipinski definition) is 8. The zero-order chi connectivity index (χ0) is 23.6. The van der Waals surface area contributed by atoms with E-state index in [0.717, 1.165) is 27.9 Å². The fraction of sp³-hybridized carbons (Fsp3) is 0.318. The minimum absolute atomic E-state index is 0.111. The Bertz CT molecular complexity index is 1250. The Labute approximate surface area is 196 Å². The van der Waals surface area contributed by atoms with E-state index in [4.69, 9.17) is 4.74 Å². The van der Waals surface area contributed by atoms with Gasteiger partial charge in [-0.05, 0) is 25.5 Å². The minimum atomic E-state index is -3.94. The standard InChI is InChI=1S/C22H24N4O5S2/c1-15(17-3-5-18(6-4-17)21-14-32-16(2)24-21)23-20-8-7-19(26(27)28)13-22(20)33(29,30)25-9-11-31-12-10-25/h3-8,13-15,23H,9-12H2,1-2H3/t15-/m0/s1. The summed E-state index contributed by atoms with van der Waals surface area (Å²) in [6.07, 6.45) is 0. The molecule has 33 heavy (non-hydrogen) atoms. The molecule has 0 saturated carbocycles. The second-order valence-corrected chi connectivity index (χ2v) is 10.7. The molecule has 174 valence electrons. The summed E-state index contributed by atoms with van der Waals surface area (Å²) in [7, 11) is -3.94. The topological polar surface area (TPSA) is 115 Å². The molecule has 4 rings (SSSR count). The van der Waals surface area contributed by atoms with Gasteiger partial charge in [-0.25, -0.2) is 13.4 Å². The van der Waals surface area contributed by atoms with Gasteiger partial charge in [0.25, 0.3) is 5.69 Å². The lowest BCUT2D eigenvalue weighted by Crippen LogP contribution is -2.40. The molecular formula is C22H24N4O5S2. The largest absolute Gasteiger partial charge is 0.379 e. The van der Waals surface area contributed by atoms with Crippen molar-refractivity contribution in [1.82, 2.24) is 9.29 Å². The van der Waals surface area contributed by atoms with Gasteiger partial charge in [0.2, 0.25) is 10.0 Å². The number of aryl methyl sites for hydroxylation is 1. The number of morpholine rings is 1. The lowest BCUT2D eigenvalue weighted by atomic mass is 10.0. The molecule has 0 amide bonds. The second-order valence-electron chi connectivity index (χ2n) is 7.69. The first-order chi connectivity index (χ1) is 15.8. The molecule has 0 aliphatic carbocycles. The maximum Gasteiger partial charge on any atom is 0.270 e. The van der Waals surface area contributed by atoms with E-state index in [1.54, 1.807) is 11.3 Å². The van der Waals surface area contributed by atoms with Crippen LogP contribution in [0.5, 0.6) is 0 Å². The molecule has 2 aromatic carbocycles. The van der Waals surface area contributed by atoms with Crippen LogP contribution in [0.25, 0.3) is 11.3 Å². The van der Waals surface area contributed by atoms with Gasteiger partial charge in [-0.15, -0.1) is 11.3 Å². The van der Waals surface area contributed by atoms with Gasteiger partial charge in [-0.3, -0.25) is 10.1 Å². The first kappa shape index (κ1) is 23.3. The molecule has 1 fully saturated rings. The maximum absolute atomic E-state index is 13.3. The Kier molecular flexibility index (Phi) is 6.75. The third-order valence-corrected chi connectivity index (χ3v) is 8.17. The molecule has 0 bridgehead atoms. The SMILES string of the molecule is Cc1nc(-c2ccc([C@H](C)Nc3ccc([N+](=O)[O-])cc3S(=O)(=O)N3CCOCC3)cc2)cs1. The predicted molar refractivity (Wildman–Crippen MR) is 127 cm³/mol. The van der Waals surface area contributed by atoms with Crippen LogP contribution in [0.15, 0.2) is 52.7 Å². The van der Waals surface area contributed by atoms with E-state index in [0.29, 0.717) is 5.69 Å². The van der Waals surface area contributed by atoms with Crippen LogP contribution in [0, 0.1) is 17.0 Å². The summed E-state index contributed by atoms with van der Waals surface area (Å²) >= 11 is 1.59. The van der Waals surface area contributed by atoms with Crippen molar-refractivity contribution in [2.24, 2.45) is 0 Å². The molecule has 1 aliphatic heterocycles. The number of hydrogen-bond donors (Lipinski definition) is 1. The average Bonchev–Trinajstić information content (AvgIpc) is 3.26. The zero-order valence-electron chi connectivity index (χ0n) is 18.2. The van der Waals surface area contributed by atoms with E-state index in [9.17, 15) is 18.5 Å². The number of anilines is 1. The van der Waals surface area contributed by atoms with Crippen molar-refractivity contribution in [3.63, 3.8) is 0 Å². The summed E-state index contributed by atoms with van der Waals surface area (Å²) in [6, 6.07) is 11.5. The molecule has 11 heteroatoms. The maximum atomic E-state index is 13.3. The van der Waals surface area contributed by atoms with Crippen LogP contribution in [-0.2, 0) is 14.8 Å². The van der Waals surface area contributed by atoms with Gasteiger partial charge in [0.1, 0.15) is 4.90 Å². The molecule has 3 aromatic rings. The number of benzene rings is 2. The van der Waals surface area contributed by atoms with E-state index < -0.39 is 14.9 Å². The number of nitro groups is 1. The number of ether oxygens (including phenoxy) is 1. The molecule has 0 radical (unpaired) electrons. The van der Waals surface area contributed by atoms with Crippen LogP contribution in [0.3, 0.4) is 0 Å². The number of thiazole rings is 1. The van der Waals surface area contributed by atoms with E-state index in [1.807, 2.05) is 43.5 Å². The predicted octanol–water partition coefficient (Wildman–Crippen LogP) is 4.22. The molecule has 9 nitrogen and oxygen atoms in total. The number of nitrogens with one attached hydrogen (secondary N) is 1. The summed E-state index contributed by atoms with van der Waals surface area (Å²) in [5.41, 5.74) is 2.90. The van der Waals surface area contributed by atoms with E-state index in [-0.39, 0.29) is 42.9 Å². The smallest absolute Gasteiger partial charge is 0.270 e. The van der Waals surface area contributed by atoms with Gasteiger partial charge < -0.3 is 10.1 Å². The molecule has 1 saturated heterocycles. The lowest BCUT2D eigenvalue weighted by Gasteiger charge is -2.27. The van der Waals surface area contributed by atoms with Gasteiger partial charge in [0, 0.05) is 42.2 Å². The first-order valence-electron chi connectivity index (χ1n) is 10.4. The fourth-order valence-electron chi connectivity index (χ4n) is 3.64. The van der Waals surface area contributed by atoms with Crippen molar-refractivity contribution in [2.45, 2.75) is 24.8 Å². The third-order valence-electron chi connectivity index (χ3n) is 5.46. The number of nitrogens with zero attached hydrogens (tertiary/aromatic N) is 3. The Morgan fingerprint density at radius 3 is 2.48 bits per heavy atom. The summed E-state index contributed by atoms with van der Waals surface area (Å²) in [6.45, 7) is 4.86. The normalized spacial score (nSPS) is 15.8. The summed E-state index contributed by atoms with van der Waals surface area (Å²) in [5.74, 6) is 0. The van der Waals surface area contributed by atoms with Gasteiger partial charge in [-0.1, -0.05) is 24.3 Å². The number of non-ortho nitro benzene ring substituents is 1. The number of nitro benzene ring substituents is 1. The first-order valence-corrected chi connectivity index (χ1v) is 12.7. The molecule has 0 spiro atoms. The van der Waals surface area contributed by atoms with Crippen LogP contribution in [0.2, 0.25) is 0 Å². The van der Waals surface area contributed by atoms with Crippen molar-refractivity contribution in [2.75, 3.05) is 31.6 Å². The van der Waals surface area contributed by atoms with Gasteiger partial charge in [0.05, 0.1) is 34.5 Å². The van der Waals surface area contributed by atoms with E-state index in [2.05, 4.69) is 10.3 Å².